The van der Waals surface area contributed by atoms with Crippen LogP contribution in [0.4, 0.5) is 10.5 Å². The smallest absolute Gasteiger partial charge is 0.359 e. The maximum absolute atomic E-state index is 12.9. The number of carbonyl (C=O) groups excluding carboxylic acids is 2. The molecule has 32 heavy (non-hydrogen) atoms. The van der Waals surface area contributed by atoms with Gasteiger partial charge in [-0.3, -0.25) is 0 Å². The number of rotatable bonds is 4. The first-order valence-electron chi connectivity index (χ1n) is 10.2. The Hall–Kier alpha value is -3.03. The van der Waals surface area contributed by atoms with Gasteiger partial charge in [0, 0.05) is 24.2 Å². The number of hydrogen-bond acceptors (Lipinski definition) is 4. The number of nitrogens with zero attached hydrogens (tertiary/aromatic N) is 3. The first-order valence-corrected chi connectivity index (χ1v) is 11.0. The molecular weight excluding hydrogens is 451 g/mol. The van der Waals surface area contributed by atoms with Crippen molar-refractivity contribution in [2.24, 2.45) is 0 Å². The molecule has 2 amide bonds. The molecule has 1 aliphatic rings. The second-order valence-corrected chi connectivity index (χ2v) is 8.29. The number of aromatic nitrogens is 2. The molecule has 1 aromatic heterocycles. The quantitative estimate of drug-likeness (QED) is 0.525. The van der Waals surface area contributed by atoms with Crippen molar-refractivity contribution >= 4 is 40.9 Å². The van der Waals surface area contributed by atoms with Gasteiger partial charge in [0.1, 0.15) is 0 Å². The molecule has 2 heterocycles. The Balaban J connectivity index is 1.63. The molecule has 7 nitrogen and oxygen atoms in total. The van der Waals surface area contributed by atoms with E-state index in [2.05, 4.69) is 10.4 Å². The van der Waals surface area contributed by atoms with E-state index in [0.29, 0.717) is 34.3 Å². The molecule has 9 heteroatoms. The lowest BCUT2D eigenvalue weighted by atomic mass is 10.0. The van der Waals surface area contributed by atoms with Gasteiger partial charge in [-0.05, 0) is 44.2 Å². The first-order chi connectivity index (χ1) is 15.4. The van der Waals surface area contributed by atoms with Crippen molar-refractivity contribution in [1.82, 2.24) is 14.7 Å². The van der Waals surface area contributed by atoms with Gasteiger partial charge in [0.25, 0.3) is 0 Å². The van der Waals surface area contributed by atoms with E-state index in [0.717, 1.165) is 16.9 Å². The van der Waals surface area contributed by atoms with Crippen LogP contribution >= 0.6 is 23.2 Å². The Labute approximate surface area is 195 Å². The maximum Gasteiger partial charge on any atom is 0.359 e. The van der Waals surface area contributed by atoms with Crippen LogP contribution in [-0.4, -0.2) is 39.8 Å². The normalized spacial score (nSPS) is 12.9. The molecule has 1 aliphatic heterocycles. The van der Waals surface area contributed by atoms with E-state index >= 15 is 0 Å². The number of amides is 2. The van der Waals surface area contributed by atoms with Crippen LogP contribution in [-0.2, 0) is 17.7 Å². The summed E-state index contributed by atoms with van der Waals surface area (Å²) in [6.07, 6.45) is 0.546. The number of benzene rings is 2. The lowest BCUT2D eigenvalue weighted by Crippen LogP contribution is -2.39. The maximum atomic E-state index is 12.9. The summed E-state index contributed by atoms with van der Waals surface area (Å²) in [5, 5.41) is 8.16. The molecule has 3 aromatic rings. The van der Waals surface area contributed by atoms with Crippen molar-refractivity contribution in [3.63, 3.8) is 0 Å². The SMILES string of the molecule is CCOC(=O)c1nn(-c2ccc(C)cc2)c2c1CN(C(=O)Nc1ccc(Cl)c(Cl)c1)CC2. The van der Waals surface area contributed by atoms with E-state index in [1.807, 2.05) is 31.2 Å². The van der Waals surface area contributed by atoms with E-state index < -0.39 is 5.97 Å². The highest BCUT2D eigenvalue weighted by Crippen LogP contribution is 2.28. The van der Waals surface area contributed by atoms with Gasteiger partial charge in [0.2, 0.25) is 0 Å². The van der Waals surface area contributed by atoms with Gasteiger partial charge in [0.05, 0.1) is 34.6 Å². The number of halogens is 2. The number of nitrogens with one attached hydrogen (secondary N) is 1. The van der Waals surface area contributed by atoms with Crippen LogP contribution in [0, 0.1) is 6.92 Å². The third-order valence-corrected chi connectivity index (χ3v) is 6.00. The number of ether oxygens (including phenoxy) is 1. The topological polar surface area (TPSA) is 76.5 Å². The van der Waals surface area contributed by atoms with Crippen LogP contribution in [0.1, 0.15) is 34.2 Å². The van der Waals surface area contributed by atoms with Gasteiger partial charge in [-0.25, -0.2) is 14.3 Å². The molecule has 2 aromatic carbocycles. The fourth-order valence-corrected chi connectivity index (χ4v) is 3.93. The molecule has 0 radical (unpaired) electrons. The molecule has 0 aliphatic carbocycles. The summed E-state index contributed by atoms with van der Waals surface area (Å²) in [6, 6.07) is 12.5. The molecule has 0 saturated heterocycles. The highest BCUT2D eigenvalue weighted by Gasteiger charge is 2.31. The van der Waals surface area contributed by atoms with E-state index in [1.165, 1.54) is 0 Å². The lowest BCUT2D eigenvalue weighted by Gasteiger charge is -2.28. The zero-order chi connectivity index (χ0) is 22.8. The van der Waals surface area contributed by atoms with Crippen LogP contribution in [0.2, 0.25) is 10.0 Å². The van der Waals surface area contributed by atoms with Crippen molar-refractivity contribution in [2.45, 2.75) is 26.8 Å². The zero-order valence-corrected chi connectivity index (χ0v) is 19.2. The van der Waals surface area contributed by atoms with E-state index in [-0.39, 0.29) is 24.9 Å². The van der Waals surface area contributed by atoms with Gasteiger partial charge >= 0.3 is 12.0 Å². The number of hydrogen-bond donors (Lipinski definition) is 1. The van der Waals surface area contributed by atoms with E-state index in [1.54, 1.807) is 34.7 Å². The predicted molar refractivity (Wildman–Crippen MR) is 124 cm³/mol. The van der Waals surface area contributed by atoms with Crippen LogP contribution < -0.4 is 5.32 Å². The van der Waals surface area contributed by atoms with Crippen molar-refractivity contribution < 1.29 is 14.3 Å². The fourth-order valence-electron chi connectivity index (χ4n) is 3.63. The Morgan fingerprint density at radius 3 is 2.56 bits per heavy atom. The third kappa shape index (κ3) is 4.45. The average molecular weight is 473 g/mol. The van der Waals surface area contributed by atoms with E-state index in [9.17, 15) is 9.59 Å². The number of carbonyl (C=O) groups is 2. The minimum atomic E-state index is -0.499. The molecule has 4 rings (SSSR count). The molecule has 0 fully saturated rings. The third-order valence-electron chi connectivity index (χ3n) is 5.26. The predicted octanol–water partition coefficient (Wildman–Crippen LogP) is 5.25. The summed E-state index contributed by atoms with van der Waals surface area (Å²) in [5.41, 5.74) is 4.35. The summed E-state index contributed by atoms with van der Waals surface area (Å²) in [4.78, 5) is 27.1. The number of anilines is 1. The van der Waals surface area contributed by atoms with Crippen molar-refractivity contribution in [3.8, 4) is 5.69 Å². The number of esters is 1. The van der Waals surface area contributed by atoms with Gasteiger partial charge < -0.3 is 15.0 Å². The Morgan fingerprint density at radius 1 is 1.12 bits per heavy atom. The largest absolute Gasteiger partial charge is 0.461 e. The molecule has 0 atom stereocenters. The Kier molecular flexibility index (Phi) is 6.39. The highest BCUT2D eigenvalue weighted by atomic mass is 35.5. The minimum Gasteiger partial charge on any atom is -0.461 e. The van der Waals surface area contributed by atoms with Gasteiger partial charge in [-0.2, -0.15) is 5.10 Å². The standard InChI is InChI=1S/C23H22Cl2N4O3/c1-3-32-22(30)21-17-13-28(23(31)26-15-6-9-18(24)19(25)12-15)11-10-20(17)29(27-21)16-7-4-14(2)5-8-16/h4-9,12H,3,10-11,13H2,1-2H3,(H,26,31). The highest BCUT2D eigenvalue weighted by molar-refractivity contribution is 6.42. The molecule has 0 bridgehead atoms. The molecule has 0 saturated carbocycles. The Morgan fingerprint density at radius 2 is 1.88 bits per heavy atom. The van der Waals surface area contributed by atoms with Crippen LogP contribution in [0.5, 0.6) is 0 Å². The summed E-state index contributed by atoms with van der Waals surface area (Å²) in [5.74, 6) is -0.499. The molecule has 1 N–H and O–H groups in total. The van der Waals surface area contributed by atoms with Crippen LogP contribution in [0.25, 0.3) is 5.69 Å². The summed E-state index contributed by atoms with van der Waals surface area (Å²) in [6.45, 7) is 4.71. The van der Waals surface area contributed by atoms with Crippen molar-refractivity contribution in [1.29, 1.82) is 0 Å². The number of fused-ring (bicyclic) bond motifs is 1. The summed E-state index contributed by atoms with van der Waals surface area (Å²) >= 11 is 12.0. The van der Waals surface area contributed by atoms with Crippen molar-refractivity contribution in [3.05, 3.63) is 75.0 Å². The fraction of sp³-hybridized carbons (Fsp3) is 0.261. The Bertz CT molecular complexity index is 1170. The minimum absolute atomic E-state index is 0.231. The molecule has 166 valence electrons. The van der Waals surface area contributed by atoms with Crippen molar-refractivity contribution in [2.75, 3.05) is 18.5 Å². The molecule has 0 unspecified atom stereocenters. The second-order valence-electron chi connectivity index (χ2n) is 7.47. The lowest BCUT2D eigenvalue weighted by molar-refractivity contribution is 0.0516. The van der Waals surface area contributed by atoms with Gasteiger partial charge in [0.15, 0.2) is 5.69 Å². The van der Waals surface area contributed by atoms with Crippen LogP contribution in [0.15, 0.2) is 42.5 Å². The monoisotopic (exact) mass is 472 g/mol. The average Bonchev–Trinajstić information content (AvgIpc) is 3.16. The molecular formula is C23H22Cl2N4O3. The van der Waals surface area contributed by atoms with Gasteiger partial charge in [-0.1, -0.05) is 40.9 Å². The van der Waals surface area contributed by atoms with E-state index in [4.69, 9.17) is 27.9 Å². The number of aryl methyl sites for hydroxylation is 1. The summed E-state index contributed by atoms with van der Waals surface area (Å²) < 4.78 is 6.99. The zero-order valence-electron chi connectivity index (χ0n) is 17.7. The summed E-state index contributed by atoms with van der Waals surface area (Å²) in [7, 11) is 0. The number of urea groups is 1. The molecule has 0 spiro atoms. The second kappa shape index (κ2) is 9.22. The first kappa shape index (κ1) is 22.2. The van der Waals surface area contributed by atoms with Crippen LogP contribution in [0.3, 0.4) is 0 Å². The van der Waals surface area contributed by atoms with Gasteiger partial charge in [-0.15, -0.1) is 0 Å².